The first-order valence-corrected chi connectivity index (χ1v) is 9.85. The van der Waals surface area contributed by atoms with Crippen molar-refractivity contribution in [1.29, 1.82) is 0 Å². The highest BCUT2D eigenvalue weighted by molar-refractivity contribution is 7.80. The summed E-state index contributed by atoms with van der Waals surface area (Å²) in [7, 11) is 0. The van der Waals surface area contributed by atoms with Crippen LogP contribution in [0.1, 0.15) is 52.4 Å². The largest absolute Gasteiger partial charge is 0.375 e. The molecule has 0 atom stereocenters. The van der Waals surface area contributed by atoms with Gasteiger partial charge in [-0.2, -0.15) is 0 Å². The van der Waals surface area contributed by atoms with Gasteiger partial charge in [-0.25, -0.2) is 0 Å². The lowest BCUT2D eigenvalue weighted by molar-refractivity contribution is -0.133. The van der Waals surface area contributed by atoms with Crippen LogP contribution in [0.25, 0.3) is 0 Å². The molecule has 136 valence electrons. The molecule has 0 spiro atoms. The second-order valence-corrected chi connectivity index (χ2v) is 7.18. The smallest absolute Gasteiger partial charge is 0.265 e. The second kappa shape index (κ2) is 7.68. The number of nitrogens with zero attached hydrogens (tertiary/aromatic N) is 3. The summed E-state index contributed by atoms with van der Waals surface area (Å²) in [6, 6.07) is 0. The van der Waals surface area contributed by atoms with Crippen LogP contribution in [-0.4, -0.2) is 57.8 Å². The van der Waals surface area contributed by atoms with Crippen molar-refractivity contribution in [2.75, 3.05) is 26.2 Å². The van der Waals surface area contributed by atoms with Gasteiger partial charge in [0.15, 0.2) is 5.11 Å². The van der Waals surface area contributed by atoms with E-state index < -0.39 is 0 Å². The minimum Gasteiger partial charge on any atom is -0.375 e. The number of rotatable bonds is 3. The van der Waals surface area contributed by atoms with Gasteiger partial charge in [-0.05, 0) is 76.2 Å². The quantitative estimate of drug-likeness (QED) is 0.440. The van der Waals surface area contributed by atoms with E-state index in [2.05, 4.69) is 11.0 Å². The van der Waals surface area contributed by atoms with Gasteiger partial charge < -0.3 is 4.90 Å². The van der Waals surface area contributed by atoms with Gasteiger partial charge in [0.05, 0.1) is 0 Å². The van der Waals surface area contributed by atoms with Crippen molar-refractivity contribution >= 4 is 29.1 Å². The maximum Gasteiger partial charge on any atom is 0.265 e. The van der Waals surface area contributed by atoms with Gasteiger partial charge in [0.25, 0.3) is 11.8 Å². The van der Waals surface area contributed by atoms with Crippen molar-refractivity contribution in [2.45, 2.75) is 52.4 Å². The number of piperidine rings is 1. The van der Waals surface area contributed by atoms with Crippen LogP contribution >= 0.6 is 12.2 Å². The summed E-state index contributed by atoms with van der Waals surface area (Å²) in [5, 5.41) is 0.334. The topological polar surface area (TPSA) is 43.9 Å². The molecule has 0 N–H and O–H groups in total. The number of likely N-dealkylation sites (tertiary alicyclic amines) is 1. The van der Waals surface area contributed by atoms with E-state index >= 15 is 0 Å². The maximum absolute atomic E-state index is 12.9. The third-order valence-corrected chi connectivity index (χ3v) is 5.76. The Morgan fingerprint density at radius 2 is 1.52 bits per heavy atom. The highest BCUT2D eigenvalue weighted by atomic mass is 32.1. The molecule has 2 amide bonds. The molecule has 2 saturated heterocycles. The summed E-state index contributed by atoms with van der Waals surface area (Å²) in [4.78, 5) is 31.3. The van der Waals surface area contributed by atoms with Gasteiger partial charge in [0.2, 0.25) is 0 Å². The lowest BCUT2D eigenvalue weighted by Gasteiger charge is -2.37. The van der Waals surface area contributed by atoms with Crippen molar-refractivity contribution in [3.63, 3.8) is 0 Å². The van der Waals surface area contributed by atoms with Gasteiger partial charge in [0, 0.05) is 31.9 Å². The van der Waals surface area contributed by atoms with E-state index in [9.17, 15) is 9.59 Å². The number of amides is 2. The molecule has 0 radical (unpaired) electrons. The first kappa shape index (κ1) is 18.1. The highest BCUT2D eigenvalue weighted by Gasteiger charge is 2.39. The molecule has 2 aliphatic heterocycles. The summed E-state index contributed by atoms with van der Waals surface area (Å²) in [6.45, 7) is 6.94. The van der Waals surface area contributed by atoms with Crippen LogP contribution in [0.5, 0.6) is 0 Å². The monoisotopic (exact) mass is 361 g/mol. The summed E-state index contributed by atoms with van der Waals surface area (Å²) in [5.41, 5.74) is 2.50. The Bertz CT molecular complexity index is 619. The first-order chi connectivity index (χ1) is 12.1. The van der Waals surface area contributed by atoms with Crippen molar-refractivity contribution < 1.29 is 9.59 Å². The number of hydrogen-bond donors (Lipinski definition) is 0. The van der Waals surface area contributed by atoms with Crippen molar-refractivity contribution in [3.8, 4) is 0 Å². The maximum atomic E-state index is 12.9. The van der Waals surface area contributed by atoms with Crippen molar-refractivity contribution in [2.24, 2.45) is 0 Å². The molecule has 1 aliphatic carbocycles. The standard InChI is InChI=1S/C19H27N3O2S/c1-3-21-17(23)16(18(24)22(4-2)19(21)25)14-9-8-10-15(13-14)20-11-6-5-7-12-20/h13H,3-12H2,1-2H3. The molecule has 6 heteroatoms. The fraction of sp³-hybridized carbons (Fsp3) is 0.632. The summed E-state index contributed by atoms with van der Waals surface area (Å²) in [5.74, 6) is -0.457. The molecule has 0 unspecified atom stereocenters. The molecule has 3 rings (SSSR count). The zero-order chi connectivity index (χ0) is 18.0. The van der Waals surface area contributed by atoms with E-state index in [4.69, 9.17) is 12.2 Å². The van der Waals surface area contributed by atoms with E-state index in [-0.39, 0.29) is 11.8 Å². The van der Waals surface area contributed by atoms with E-state index in [1.807, 2.05) is 13.8 Å². The van der Waals surface area contributed by atoms with Gasteiger partial charge in [-0.15, -0.1) is 0 Å². The van der Waals surface area contributed by atoms with E-state index in [1.165, 1.54) is 25.0 Å². The number of carbonyl (C=O) groups excluding carboxylic acids is 2. The van der Waals surface area contributed by atoms with Crippen molar-refractivity contribution in [3.05, 3.63) is 22.9 Å². The van der Waals surface area contributed by atoms with Crippen LogP contribution in [-0.2, 0) is 9.59 Å². The molecule has 0 aromatic heterocycles. The molecule has 0 bridgehead atoms. The van der Waals surface area contributed by atoms with Gasteiger partial charge in [-0.1, -0.05) is 0 Å². The minimum atomic E-state index is -0.228. The van der Waals surface area contributed by atoms with E-state index in [1.54, 1.807) is 9.80 Å². The van der Waals surface area contributed by atoms with E-state index in [0.29, 0.717) is 23.8 Å². The van der Waals surface area contributed by atoms with Crippen LogP contribution in [0.2, 0.25) is 0 Å². The van der Waals surface area contributed by atoms with Crippen LogP contribution in [0, 0.1) is 0 Å². The Kier molecular flexibility index (Phi) is 5.57. The number of allylic oxidation sites excluding steroid dienone is 3. The number of thiocarbonyl (C=S) groups is 1. The second-order valence-electron chi connectivity index (χ2n) is 6.82. The predicted molar refractivity (Wildman–Crippen MR) is 102 cm³/mol. The van der Waals surface area contributed by atoms with Gasteiger partial charge >= 0.3 is 0 Å². The zero-order valence-electron chi connectivity index (χ0n) is 15.2. The van der Waals surface area contributed by atoms with Crippen LogP contribution < -0.4 is 0 Å². The number of hydrogen-bond acceptors (Lipinski definition) is 4. The molecule has 3 aliphatic rings. The summed E-state index contributed by atoms with van der Waals surface area (Å²) in [6.07, 6.45) is 8.66. The van der Waals surface area contributed by atoms with Gasteiger partial charge in [0.1, 0.15) is 5.57 Å². The normalized spacial score (nSPS) is 22.7. The SMILES string of the molecule is CCN1C(=O)C(=C2C=C(N3CCCCC3)CCC2)C(=O)N(CC)C1=S. The zero-order valence-corrected chi connectivity index (χ0v) is 16.0. The molecule has 25 heavy (non-hydrogen) atoms. The minimum absolute atomic E-state index is 0.228. The Morgan fingerprint density at radius 3 is 2.08 bits per heavy atom. The fourth-order valence-electron chi connectivity index (χ4n) is 3.95. The third-order valence-electron chi connectivity index (χ3n) is 5.32. The molecule has 2 fully saturated rings. The average Bonchev–Trinajstić information content (AvgIpc) is 2.63. The predicted octanol–water partition coefficient (Wildman–Crippen LogP) is 2.83. The number of likely N-dealkylation sites (N-methyl/N-ethyl adjacent to an activating group) is 2. The molecule has 0 saturated carbocycles. The van der Waals surface area contributed by atoms with Crippen molar-refractivity contribution in [1.82, 2.24) is 14.7 Å². The third kappa shape index (κ3) is 3.36. The first-order valence-electron chi connectivity index (χ1n) is 9.44. The molecular formula is C19H27N3O2S. The molecule has 0 aromatic carbocycles. The lowest BCUT2D eigenvalue weighted by atomic mass is 9.91. The van der Waals surface area contributed by atoms with E-state index in [0.717, 1.165) is 37.9 Å². The Morgan fingerprint density at radius 1 is 0.920 bits per heavy atom. The Hall–Kier alpha value is -1.69. The lowest BCUT2D eigenvalue weighted by Crippen LogP contribution is -2.56. The number of carbonyl (C=O) groups is 2. The molecule has 0 aromatic rings. The van der Waals surface area contributed by atoms with Crippen LogP contribution in [0.15, 0.2) is 22.9 Å². The van der Waals surface area contributed by atoms with Gasteiger partial charge in [-0.3, -0.25) is 19.4 Å². The Labute approximate surface area is 155 Å². The summed E-state index contributed by atoms with van der Waals surface area (Å²) < 4.78 is 0. The molecule has 2 heterocycles. The average molecular weight is 362 g/mol. The molecular weight excluding hydrogens is 334 g/mol. The van der Waals surface area contributed by atoms with Crippen LogP contribution in [0.3, 0.4) is 0 Å². The highest BCUT2D eigenvalue weighted by Crippen LogP contribution is 2.31. The molecule has 5 nitrogen and oxygen atoms in total. The summed E-state index contributed by atoms with van der Waals surface area (Å²) >= 11 is 5.34. The van der Waals surface area contributed by atoms with Crippen LogP contribution in [0.4, 0.5) is 0 Å². The fourth-order valence-corrected chi connectivity index (χ4v) is 4.37. The Balaban J connectivity index is 1.99.